The highest BCUT2D eigenvalue weighted by Gasteiger charge is 2.32. The van der Waals surface area contributed by atoms with Crippen LogP contribution < -0.4 is 10.5 Å². The van der Waals surface area contributed by atoms with Gasteiger partial charge in [-0.05, 0) is 52.7 Å². The number of likely N-dealkylation sites (tertiary alicyclic amines) is 1. The van der Waals surface area contributed by atoms with Gasteiger partial charge in [-0.1, -0.05) is 6.07 Å². The number of nitrogens with two attached hydrogens (primary N) is 1. The molecule has 1 unspecified atom stereocenters. The number of ether oxygens (including phenoxy) is 2. The van der Waals surface area contributed by atoms with Crippen LogP contribution in [0.25, 0.3) is 0 Å². The lowest BCUT2D eigenvalue weighted by Crippen LogP contribution is -2.42. The molecule has 5 nitrogen and oxygen atoms in total. The smallest absolute Gasteiger partial charge is 0.410 e. The summed E-state index contributed by atoms with van der Waals surface area (Å²) in [5, 5.41) is 0. The first-order chi connectivity index (χ1) is 10.3. The average molecular weight is 306 g/mol. The maximum absolute atomic E-state index is 12.2. The maximum Gasteiger partial charge on any atom is 0.410 e. The van der Waals surface area contributed by atoms with Crippen LogP contribution in [0, 0.1) is 6.92 Å². The van der Waals surface area contributed by atoms with Crippen molar-refractivity contribution in [3.63, 3.8) is 0 Å². The van der Waals surface area contributed by atoms with E-state index < -0.39 is 5.60 Å². The number of hydrogen-bond acceptors (Lipinski definition) is 4. The van der Waals surface area contributed by atoms with E-state index in [9.17, 15) is 4.79 Å². The Bertz CT molecular complexity index is 537. The van der Waals surface area contributed by atoms with E-state index in [1.54, 1.807) is 4.90 Å². The number of anilines is 1. The summed E-state index contributed by atoms with van der Waals surface area (Å²) in [5.41, 5.74) is 7.06. The van der Waals surface area contributed by atoms with Gasteiger partial charge < -0.3 is 20.1 Å². The van der Waals surface area contributed by atoms with Gasteiger partial charge in [0.2, 0.25) is 0 Å². The number of benzene rings is 1. The molecule has 1 aliphatic heterocycles. The number of carbonyl (C=O) groups excluding carboxylic acids is 1. The van der Waals surface area contributed by atoms with Crippen molar-refractivity contribution in [2.24, 2.45) is 0 Å². The van der Waals surface area contributed by atoms with E-state index >= 15 is 0 Å². The minimum Gasteiger partial charge on any atom is -0.491 e. The molecule has 1 aliphatic rings. The second-order valence-corrected chi connectivity index (χ2v) is 6.75. The van der Waals surface area contributed by atoms with Crippen molar-refractivity contribution in [3.05, 3.63) is 23.8 Å². The van der Waals surface area contributed by atoms with E-state index in [2.05, 4.69) is 0 Å². The molecule has 1 aromatic carbocycles. The van der Waals surface area contributed by atoms with Crippen LogP contribution in [-0.2, 0) is 4.74 Å². The predicted molar refractivity (Wildman–Crippen MR) is 87.0 cm³/mol. The van der Waals surface area contributed by atoms with Gasteiger partial charge in [0, 0.05) is 17.8 Å². The minimum absolute atomic E-state index is 0.0516. The van der Waals surface area contributed by atoms with Crippen molar-refractivity contribution in [1.29, 1.82) is 0 Å². The summed E-state index contributed by atoms with van der Waals surface area (Å²) < 4.78 is 11.3. The minimum atomic E-state index is -0.477. The van der Waals surface area contributed by atoms with Gasteiger partial charge in [-0.15, -0.1) is 0 Å². The van der Waals surface area contributed by atoms with Crippen LogP contribution in [-0.4, -0.2) is 35.8 Å². The SMILES string of the molecule is Cc1c(N)cccc1OCC1CCCN1C(=O)OC(C)(C)C. The lowest BCUT2D eigenvalue weighted by atomic mass is 10.2. The van der Waals surface area contributed by atoms with Crippen LogP contribution in [0.5, 0.6) is 5.75 Å². The molecule has 2 rings (SSSR count). The monoisotopic (exact) mass is 306 g/mol. The summed E-state index contributed by atoms with van der Waals surface area (Å²) in [6.07, 6.45) is 1.65. The van der Waals surface area contributed by atoms with E-state index in [1.807, 2.05) is 45.9 Å². The van der Waals surface area contributed by atoms with Crippen molar-refractivity contribution >= 4 is 11.8 Å². The van der Waals surface area contributed by atoms with Crippen LogP contribution in [0.15, 0.2) is 18.2 Å². The highest BCUT2D eigenvalue weighted by Crippen LogP contribution is 2.25. The first-order valence-electron chi connectivity index (χ1n) is 7.75. The molecule has 0 aliphatic carbocycles. The van der Waals surface area contributed by atoms with Gasteiger partial charge in [-0.25, -0.2) is 4.79 Å². The molecule has 1 heterocycles. The molecule has 1 atom stereocenters. The lowest BCUT2D eigenvalue weighted by molar-refractivity contribution is 0.0187. The van der Waals surface area contributed by atoms with Crippen LogP contribution in [0.4, 0.5) is 10.5 Å². The standard InChI is InChI=1S/C17H26N2O3/c1-12-14(18)8-5-9-15(12)21-11-13-7-6-10-19(13)16(20)22-17(2,3)4/h5,8-9,13H,6-7,10-11,18H2,1-4H3. The van der Waals surface area contributed by atoms with Crippen LogP contribution in [0.3, 0.4) is 0 Å². The van der Waals surface area contributed by atoms with Gasteiger partial charge in [0.05, 0.1) is 6.04 Å². The first kappa shape index (κ1) is 16.5. The lowest BCUT2D eigenvalue weighted by Gasteiger charge is -2.28. The number of nitrogens with zero attached hydrogens (tertiary/aromatic N) is 1. The predicted octanol–water partition coefficient (Wildman–Crippen LogP) is 3.36. The molecule has 1 aromatic rings. The molecule has 2 N–H and O–H groups in total. The van der Waals surface area contributed by atoms with Gasteiger partial charge in [0.1, 0.15) is 18.0 Å². The molecule has 22 heavy (non-hydrogen) atoms. The van der Waals surface area contributed by atoms with Gasteiger partial charge in [0.15, 0.2) is 0 Å². The number of amides is 1. The van der Waals surface area contributed by atoms with Gasteiger partial charge in [-0.2, -0.15) is 0 Å². The van der Waals surface area contributed by atoms with E-state index in [-0.39, 0.29) is 12.1 Å². The second kappa shape index (κ2) is 6.46. The molecule has 5 heteroatoms. The van der Waals surface area contributed by atoms with Crippen LogP contribution in [0.2, 0.25) is 0 Å². The fraction of sp³-hybridized carbons (Fsp3) is 0.588. The second-order valence-electron chi connectivity index (χ2n) is 6.75. The molecule has 122 valence electrons. The molecule has 0 bridgehead atoms. The number of nitrogen functional groups attached to an aromatic ring is 1. The summed E-state index contributed by atoms with van der Waals surface area (Å²) in [4.78, 5) is 14.0. The Hall–Kier alpha value is -1.91. The van der Waals surface area contributed by atoms with E-state index in [4.69, 9.17) is 15.2 Å². The summed E-state index contributed by atoms with van der Waals surface area (Å²) >= 11 is 0. The third-order valence-corrected chi connectivity index (χ3v) is 3.76. The third-order valence-electron chi connectivity index (χ3n) is 3.76. The molecule has 1 saturated heterocycles. The number of carbonyl (C=O) groups is 1. The topological polar surface area (TPSA) is 64.8 Å². The van der Waals surface area contributed by atoms with E-state index in [1.165, 1.54) is 0 Å². The molecule has 0 aromatic heterocycles. The zero-order valence-electron chi connectivity index (χ0n) is 13.9. The molecule has 1 amide bonds. The van der Waals surface area contributed by atoms with Crippen molar-refractivity contribution in [1.82, 2.24) is 4.90 Å². The van der Waals surface area contributed by atoms with Crippen LogP contribution >= 0.6 is 0 Å². The van der Waals surface area contributed by atoms with Gasteiger partial charge >= 0.3 is 6.09 Å². The Kier molecular flexibility index (Phi) is 4.84. The average Bonchev–Trinajstić information content (AvgIpc) is 2.87. The molecular formula is C17H26N2O3. The van der Waals surface area contributed by atoms with Gasteiger partial charge in [-0.3, -0.25) is 0 Å². The maximum atomic E-state index is 12.2. The largest absolute Gasteiger partial charge is 0.491 e. The zero-order chi connectivity index (χ0) is 16.3. The summed E-state index contributed by atoms with van der Waals surface area (Å²) in [5.74, 6) is 0.774. The Labute approximate surface area is 132 Å². The van der Waals surface area contributed by atoms with Crippen LogP contribution in [0.1, 0.15) is 39.2 Å². The third kappa shape index (κ3) is 4.06. The van der Waals surface area contributed by atoms with E-state index in [0.29, 0.717) is 12.3 Å². The summed E-state index contributed by atoms with van der Waals surface area (Å²) in [6.45, 7) is 8.75. The molecular weight excluding hydrogens is 280 g/mol. The van der Waals surface area contributed by atoms with Crippen molar-refractivity contribution in [2.45, 2.75) is 52.2 Å². The molecule has 0 saturated carbocycles. The first-order valence-corrected chi connectivity index (χ1v) is 7.75. The molecule has 1 fully saturated rings. The van der Waals surface area contributed by atoms with Gasteiger partial charge in [0.25, 0.3) is 0 Å². The Balaban J connectivity index is 1.97. The van der Waals surface area contributed by atoms with Crippen molar-refractivity contribution in [2.75, 3.05) is 18.9 Å². The van der Waals surface area contributed by atoms with E-state index in [0.717, 1.165) is 30.7 Å². The molecule has 0 spiro atoms. The quantitative estimate of drug-likeness (QED) is 0.870. The number of rotatable bonds is 3. The summed E-state index contributed by atoms with van der Waals surface area (Å²) in [7, 11) is 0. The normalized spacial score (nSPS) is 18.4. The zero-order valence-corrected chi connectivity index (χ0v) is 13.9. The highest BCUT2D eigenvalue weighted by molar-refractivity contribution is 5.69. The Morgan fingerprint density at radius 2 is 2.14 bits per heavy atom. The Morgan fingerprint density at radius 3 is 2.82 bits per heavy atom. The van der Waals surface area contributed by atoms with Crippen molar-refractivity contribution < 1.29 is 14.3 Å². The number of hydrogen-bond donors (Lipinski definition) is 1. The van der Waals surface area contributed by atoms with Crippen molar-refractivity contribution in [3.8, 4) is 5.75 Å². The fourth-order valence-corrected chi connectivity index (χ4v) is 2.54. The highest BCUT2D eigenvalue weighted by atomic mass is 16.6. The molecule has 0 radical (unpaired) electrons. The summed E-state index contributed by atoms with van der Waals surface area (Å²) in [6, 6.07) is 5.68. The fourth-order valence-electron chi connectivity index (χ4n) is 2.54. The Morgan fingerprint density at radius 1 is 1.41 bits per heavy atom.